The fourth-order valence-electron chi connectivity index (χ4n) is 3.22. The van der Waals surface area contributed by atoms with E-state index in [0.29, 0.717) is 12.1 Å². The van der Waals surface area contributed by atoms with Crippen LogP contribution in [-0.4, -0.2) is 25.1 Å². The summed E-state index contributed by atoms with van der Waals surface area (Å²) in [7, 11) is 1.89. The van der Waals surface area contributed by atoms with Crippen molar-refractivity contribution in [2.75, 3.05) is 7.05 Å². The molecule has 0 heterocycles. The Balaban J connectivity index is 0.00000180. The van der Waals surface area contributed by atoms with Gasteiger partial charge in [0.15, 0.2) is 5.96 Å². The summed E-state index contributed by atoms with van der Waals surface area (Å²) in [6.07, 6.45) is 9.33. The summed E-state index contributed by atoms with van der Waals surface area (Å²) < 4.78 is 0. The third-order valence-corrected chi connectivity index (χ3v) is 4.41. The Morgan fingerprint density at radius 2 is 2.00 bits per heavy atom. The normalized spacial score (nSPS) is 34.4. The van der Waals surface area contributed by atoms with Crippen molar-refractivity contribution < 1.29 is 0 Å². The minimum absolute atomic E-state index is 0. The third kappa shape index (κ3) is 5.48. The number of rotatable bonds is 4. The molecule has 0 bridgehead atoms. The van der Waals surface area contributed by atoms with Crippen LogP contribution in [0.5, 0.6) is 0 Å². The molecule has 0 aromatic heterocycles. The van der Waals surface area contributed by atoms with Gasteiger partial charge in [-0.05, 0) is 37.5 Å². The molecule has 3 nitrogen and oxygen atoms in total. The van der Waals surface area contributed by atoms with E-state index in [1.807, 2.05) is 7.05 Å². The van der Waals surface area contributed by atoms with Crippen molar-refractivity contribution in [1.82, 2.24) is 10.6 Å². The van der Waals surface area contributed by atoms with Gasteiger partial charge in [0.2, 0.25) is 0 Å². The molecule has 0 aromatic rings. The maximum absolute atomic E-state index is 4.38. The monoisotopic (exact) mass is 379 g/mol. The molecular weight excluding hydrogens is 349 g/mol. The Labute approximate surface area is 135 Å². The Bertz CT molecular complexity index is 293. The lowest BCUT2D eigenvalue weighted by atomic mass is 9.87. The molecule has 2 rings (SSSR count). The highest BCUT2D eigenvalue weighted by atomic mass is 127. The Morgan fingerprint density at radius 3 is 2.63 bits per heavy atom. The van der Waals surface area contributed by atoms with Gasteiger partial charge in [-0.2, -0.15) is 0 Å². The standard InChI is InChI=1S/C15H29N3.HI/c1-4-6-12-10-14(12)18-15(16-3)17-13-8-5-7-11(2)9-13;/h11-14H,4-10H2,1-3H3,(H2,16,17,18);1H. The number of nitrogens with zero attached hydrogens (tertiary/aromatic N) is 1. The highest BCUT2D eigenvalue weighted by Crippen LogP contribution is 2.34. The van der Waals surface area contributed by atoms with Crippen LogP contribution in [-0.2, 0) is 0 Å². The van der Waals surface area contributed by atoms with E-state index in [2.05, 4.69) is 29.5 Å². The molecule has 2 saturated carbocycles. The Morgan fingerprint density at radius 1 is 1.21 bits per heavy atom. The fourth-order valence-corrected chi connectivity index (χ4v) is 3.22. The third-order valence-electron chi connectivity index (χ3n) is 4.41. The molecule has 0 radical (unpaired) electrons. The zero-order chi connectivity index (χ0) is 13.0. The second-order valence-electron chi connectivity index (χ2n) is 6.22. The summed E-state index contributed by atoms with van der Waals surface area (Å²) in [6.45, 7) is 4.63. The largest absolute Gasteiger partial charge is 0.354 e. The van der Waals surface area contributed by atoms with Crippen LogP contribution in [0.1, 0.15) is 58.8 Å². The maximum atomic E-state index is 4.38. The van der Waals surface area contributed by atoms with Gasteiger partial charge < -0.3 is 10.6 Å². The molecule has 0 spiro atoms. The first kappa shape index (κ1) is 17.1. The van der Waals surface area contributed by atoms with Crippen molar-refractivity contribution in [3.63, 3.8) is 0 Å². The summed E-state index contributed by atoms with van der Waals surface area (Å²) in [5.41, 5.74) is 0. The number of nitrogens with one attached hydrogen (secondary N) is 2. The van der Waals surface area contributed by atoms with Gasteiger partial charge >= 0.3 is 0 Å². The van der Waals surface area contributed by atoms with Crippen LogP contribution in [0.3, 0.4) is 0 Å². The van der Waals surface area contributed by atoms with Crippen LogP contribution >= 0.6 is 24.0 Å². The summed E-state index contributed by atoms with van der Waals surface area (Å²) in [6, 6.07) is 1.31. The van der Waals surface area contributed by atoms with Crippen molar-refractivity contribution in [3.05, 3.63) is 0 Å². The van der Waals surface area contributed by atoms with Crippen molar-refractivity contribution >= 4 is 29.9 Å². The molecule has 0 amide bonds. The molecule has 4 heteroatoms. The molecular formula is C15H30IN3. The van der Waals surface area contributed by atoms with Gasteiger partial charge in [0.1, 0.15) is 0 Å². The highest BCUT2D eigenvalue weighted by molar-refractivity contribution is 14.0. The molecule has 2 fully saturated rings. The fraction of sp³-hybridized carbons (Fsp3) is 0.933. The lowest BCUT2D eigenvalue weighted by Crippen LogP contribution is -2.46. The van der Waals surface area contributed by atoms with E-state index in [-0.39, 0.29) is 24.0 Å². The lowest BCUT2D eigenvalue weighted by molar-refractivity contribution is 0.324. The van der Waals surface area contributed by atoms with Gasteiger partial charge in [0.05, 0.1) is 0 Å². The SMILES string of the molecule is CCCC1CC1NC(=NC)NC1CCCC(C)C1.I. The zero-order valence-electron chi connectivity index (χ0n) is 12.6. The molecule has 2 N–H and O–H groups in total. The molecule has 2 aliphatic carbocycles. The first-order valence-corrected chi connectivity index (χ1v) is 7.72. The van der Waals surface area contributed by atoms with E-state index in [9.17, 15) is 0 Å². The summed E-state index contributed by atoms with van der Waals surface area (Å²) in [5.74, 6) is 2.78. The van der Waals surface area contributed by atoms with Crippen LogP contribution in [0.25, 0.3) is 0 Å². The van der Waals surface area contributed by atoms with E-state index < -0.39 is 0 Å². The predicted octanol–water partition coefficient (Wildman–Crippen LogP) is 3.54. The molecule has 0 saturated heterocycles. The number of guanidine groups is 1. The van der Waals surface area contributed by atoms with Gasteiger partial charge in [-0.3, -0.25) is 4.99 Å². The maximum Gasteiger partial charge on any atom is 0.191 e. The van der Waals surface area contributed by atoms with E-state index in [1.165, 1.54) is 44.9 Å². The summed E-state index contributed by atoms with van der Waals surface area (Å²) in [4.78, 5) is 4.38. The van der Waals surface area contributed by atoms with Gasteiger partial charge in [0, 0.05) is 19.1 Å². The first-order chi connectivity index (χ1) is 8.72. The van der Waals surface area contributed by atoms with E-state index in [4.69, 9.17) is 0 Å². The predicted molar refractivity (Wildman–Crippen MR) is 93.3 cm³/mol. The van der Waals surface area contributed by atoms with Crippen LogP contribution in [0, 0.1) is 11.8 Å². The lowest BCUT2D eigenvalue weighted by Gasteiger charge is -2.28. The molecule has 19 heavy (non-hydrogen) atoms. The zero-order valence-corrected chi connectivity index (χ0v) is 14.9. The highest BCUT2D eigenvalue weighted by Gasteiger charge is 2.36. The quantitative estimate of drug-likeness (QED) is 0.445. The average Bonchev–Trinajstić information content (AvgIpc) is 3.07. The minimum atomic E-state index is 0. The van der Waals surface area contributed by atoms with Gasteiger partial charge in [-0.15, -0.1) is 24.0 Å². The summed E-state index contributed by atoms with van der Waals surface area (Å²) >= 11 is 0. The van der Waals surface area contributed by atoms with E-state index in [0.717, 1.165) is 17.8 Å². The molecule has 0 aromatic carbocycles. The Hall–Kier alpha value is 0. The second kappa shape index (κ2) is 8.32. The van der Waals surface area contributed by atoms with Crippen molar-refractivity contribution in [3.8, 4) is 0 Å². The van der Waals surface area contributed by atoms with Gasteiger partial charge in [-0.25, -0.2) is 0 Å². The van der Waals surface area contributed by atoms with Crippen LogP contribution < -0.4 is 10.6 Å². The number of hydrogen-bond donors (Lipinski definition) is 2. The van der Waals surface area contributed by atoms with Crippen LogP contribution in [0.15, 0.2) is 4.99 Å². The number of halogens is 1. The molecule has 0 aliphatic heterocycles. The van der Waals surface area contributed by atoms with Gasteiger partial charge in [0.25, 0.3) is 0 Å². The van der Waals surface area contributed by atoms with Crippen LogP contribution in [0.2, 0.25) is 0 Å². The topological polar surface area (TPSA) is 36.4 Å². The summed E-state index contributed by atoms with van der Waals surface area (Å²) in [5, 5.41) is 7.19. The number of aliphatic imine (C=N–C) groups is 1. The van der Waals surface area contributed by atoms with E-state index >= 15 is 0 Å². The number of hydrogen-bond acceptors (Lipinski definition) is 1. The second-order valence-corrected chi connectivity index (χ2v) is 6.22. The molecule has 4 unspecified atom stereocenters. The van der Waals surface area contributed by atoms with Crippen molar-refractivity contribution in [2.45, 2.75) is 70.9 Å². The van der Waals surface area contributed by atoms with Crippen molar-refractivity contribution in [1.29, 1.82) is 0 Å². The molecule has 112 valence electrons. The average molecular weight is 379 g/mol. The van der Waals surface area contributed by atoms with E-state index in [1.54, 1.807) is 0 Å². The molecule has 2 aliphatic rings. The Kier molecular flexibility index (Phi) is 7.47. The van der Waals surface area contributed by atoms with Gasteiger partial charge in [-0.1, -0.05) is 33.1 Å². The van der Waals surface area contributed by atoms with Crippen LogP contribution in [0.4, 0.5) is 0 Å². The smallest absolute Gasteiger partial charge is 0.191 e. The minimum Gasteiger partial charge on any atom is -0.354 e. The van der Waals surface area contributed by atoms with Crippen molar-refractivity contribution in [2.24, 2.45) is 16.8 Å². The molecule has 4 atom stereocenters. The first-order valence-electron chi connectivity index (χ1n) is 7.72.